The van der Waals surface area contributed by atoms with Gasteiger partial charge in [0.1, 0.15) is 6.10 Å². The fourth-order valence-corrected chi connectivity index (χ4v) is 0.361. The molecule has 0 aliphatic carbocycles. The first-order valence-corrected chi connectivity index (χ1v) is 2.57. The second-order valence-electron chi connectivity index (χ2n) is 1.70. The van der Waals surface area contributed by atoms with E-state index in [1.54, 1.807) is 0 Å². The largest absolute Gasteiger partial charge is 0.385 e. The van der Waals surface area contributed by atoms with E-state index < -0.39 is 6.10 Å². The predicted molar refractivity (Wildman–Crippen MR) is 30.4 cm³/mol. The summed E-state index contributed by atoms with van der Waals surface area (Å²) in [5.74, 6) is -0.213. The fourth-order valence-electron chi connectivity index (χ4n) is 0.361. The molecule has 0 aromatic rings. The Labute approximate surface area is 48.5 Å². The van der Waals surface area contributed by atoms with Crippen molar-refractivity contribution >= 4 is 5.78 Å². The van der Waals surface area contributed by atoms with Gasteiger partial charge in [-0.15, -0.1) is 0 Å². The van der Waals surface area contributed by atoms with Gasteiger partial charge < -0.3 is 10.8 Å². The Morgan fingerprint density at radius 3 is 2.50 bits per heavy atom. The zero-order valence-electron chi connectivity index (χ0n) is 4.92. The summed E-state index contributed by atoms with van der Waals surface area (Å²) in [5.41, 5.74) is 5.06. The van der Waals surface area contributed by atoms with Crippen LogP contribution in [-0.4, -0.2) is 23.5 Å². The number of carbonyl (C=O) groups excluding carboxylic acids is 1. The third kappa shape index (κ3) is 2.71. The van der Waals surface area contributed by atoms with Crippen molar-refractivity contribution in [2.75, 3.05) is 6.54 Å². The van der Waals surface area contributed by atoms with Crippen LogP contribution in [0.5, 0.6) is 0 Å². The number of rotatable bonds is 3. The molecule has 3 nitrogen and oxygen atoms in total. The van der Waals surface area contributed by atoms with E-state index in [9.17, 15) is 4.79 Å². The monoisotopic (exact) mass is 117 g/mol. The van der Waals surface area contributed by atoms with Crippen molar-refractivity contribution in [3.8, 4) is 0 Å². The molecule has 0 bridgehead atoms. The van der Waals surface area contributed by atoms with E-state index >= 15 is 0 Å². The molecule has 8 heavy (non-hydrogen) atoms. The Morgan fingerprint density at radius 2 is 2.38 bits per heavy atom. The zero-order valence-corrected chi connectivity index (χ0v) is 4.92. The molecule has 0 aromatic carbocycles. The zero-order chi connectivity index (χ0) is 6.57. The molecule has 1 atom stereocenters. The molecule has 3 N–H and O–H groups in total. The Morgan fingerprint density at radius 1 is 1.88 bits per heavy atom. The summed E-state index contributed by atoms with van der Waals surface area (Å²) in [6.45, 7) is 1.71. The summed E-state index contributed by atoms with van der Waals surface area (Å²) < 4.78 is 0. The predicted octanol–water partition coefficient (Wildman–Crippen LogP) is -0.715. The van der Waals surface area contributed by atoms with Crippen LogP contribution in [0.1, 0.15) is 13.3 Å². The molecular weight excluding hydrogens is 106 g/mol. The van der Waals surface area contributed by atoms with Crippen molar-refractivity contribution < 1.29 is 9.90 Å². The summed E-state index contributed by atoms with van der Waals surface area (Å²) in [6, 6.07) is 0. The maximum absolute atomic E-state index is 10.2. The van der Waals surface area contributed by atoms with Crippen molar-refractivity contribution in [1.82, 2.24) is 0 Å². The molecule has 0 amide bonds. The van der Waals surface area contributed by atoms with Crippen LogP contribution in [-0.2, 0) is 4.79 Å². The van der Waals surface area contributed by atoms with Crippen molar-refractivity contribution in [1.29, 1.82) is 0 Å². The van der Waals surface area contributed by atoms with E-state index in [0.717, 1.165) is 0 Å². The van der Waals surface area contributed by atoms with Crippen molar-refractivity contribution in [2.45, 2.75) is 19.4 Å². The molecule has 0 unspecified atom stereocenters. The minimum Gasteiger partial charge on any atom is -0.385 e. The van der Waals surface area contributed by atoms with Crippen LogP contribution in [0.3, 0.4) is 0 Å². The average molecular weight is 117 g/mol. The van der Waals surface area contributed by atoms with Gasteiger partial charge in [-0.3, -0.25) is 4.79 Å². The molecule has 0 fully saturated rings. The number of hydrogen-bond donors (Lipinski definition) is 2. The van der Waals surface area contributed by atoms with Crippen molar-refractivity contribution in [3.63, 3.8) is 0 Å². The number of nitrogens with two attached hydrogens (primary N) is 1. The average Bonchev–Trinajstić information content (AvgIpc) is 1.67. The highest BCUT2D eigenvalue weighted by Gasteiger charge is 2.05. The van der Waals surface area contributed by atoms with Crippen LogP contribution >= 0.6 is 0 Å². The molecule has 48 valence electrons. The normalized spacial score (nSPS) is 13.4. The second kappa shape index (κ2) is 3.57. The molecule has 0 rings (SSSR count). The van der Waals surface area contributed by atoms with Gasteiger partial charge >= 0.3 is 0 Å². The Hall–Kier alpha value is -0.410. The lowest BCUT2D eigenvalue weighted by atomic mass is 10.2. The maximum Gasteiger partial charge on any atom is 0.158 e. The summed E-state index contributed by atoms with van der Waals surface area (Å²) in [7, 11) is 0. The maximum atomic E-state index is 10.2. The topological polar surface area (TPSA) is 63.3 Å². The minimum atomic E-state index is -0.847. The van der Waals surface area contributed by atoms with Gasteiger partial charge in [0.25, 0.3) is 0 Å². The smallest absolute Gasteiger partial charge is 0.158 e. The molecule has 0 aliphatic rings. The van der Waals surface area contributed by atoms with Crippen LogP contribution in [0.25, 0.3) is 0 Å². The summed E-state index contributed by atoms with van der Waals surface area (Å²) in [6.07, 6.45) is -0.477. The molecule has 0 aliphatic heterocycles. The fraction of sp³-hybridized carbons (Fsp3) is 0.800. The molecule has 0 aromatic heterocycles. The van der Waals surface area contributed by atoms with E-state index in [1.165, 1.54) is 6.92 Å². The van der Waals surface area contributed by atoms with Crippen LogP contribution in [0.15, 0.2) is 0 Å². The molecule has 0 saturated heterocycles. The molecule has 3 heteroatoms. The van der Waals surface area contributed by atoms with E-state index in [4.69, 9.17) is 10.8 Å². The number of ketones is 1. The first-order valence-electron chi connectivity index (χ1n) is 2.57. The minimum absolute atomic E-state index is 0.213. The van der Waals surface area contributed by atoms with E-state index in [1.807, 2.05) is 0 Å². The van der Waals surface area contributed by atoms with Gasteiger partial charge in [-0.2, -0.15) is 0 Å². The first-order chi connectivity index (χ1) is 3.68. The Bertz CT molecular complexity index is 82.5. The first kappa shape index (κ1) is 7.59. The Kier molecular flexibility index (Phi) is 3.39. The molecular formula is C5H11NO2. The lowest BCUT2D eigenvalue weighted by molar-refractivity contribution is -0.125. The number of Topliss-reactive ketones (excluding diaryl/α,β-unsaturated/α-hetero) is 1. The highest BCUT2D eigenvalue weighted by Crippen LogP contribution is 1.88. The third-order valence-electron chi connectivity index (χ3n) is 0.909. The van der Waals surface area contributed by atoms with Gasteiger partial charge in [0.15, 0.2) is 5.78 Å². The van der Waals surface area contributed by atoms with E-state index in [0.29, 0.717) is 13.0 Å². The Balaban J connectivity index is 3.32. The van der Waals surface area contributed by atoms with Crippen molar-refractivity contribution in [2.24, 2.45) is 5.73 Å². The molecule has 0 heterocycles. The van der Waals surface area contributed by atoms with Gasteiger partial charge in [-0.05, 0) is 19.9 Å². The van der Waals surface area contributed by atoms with Crippen molar-refractivity contribution in [3.05, 3.63) is 0 Å². The number of aliphatic hydroxyl groups excluding tert-OH is 1. The lowest BCUT2D eigenvalue weighted by Crippen LogP contribution is -2.20. The van der Waals surface area contributed by atoms with E-state index in [-0.39, 0.29) is 5.78 Å². The van der Waals surface area contributed by atoms with Crippen LogP contribution in [0.2, 0.25) is 0 Å². The number of hydrogen-bond acceptors (Lipinski definition) is 3. The molecule has 0 spiro atoms. The highest BCUT2D eigenvalue weighted by molar-refractivity contribution is 5.79. The second-order valence-corrected chi connectivity index (χ2v) is 1.70. The number of carbonyl (C=O) groups is 1. The summed E-state index contributed by atoms with van der Waals surface area (Å²) >= 11 is 0. The summed E-state index contributed by atoms with van der Waals surface area (Å²) in [5, 5.41) is 8.70. The third-order valence-corrected chi connectivity index (χ3v) is 0.909. The molecule has 0 saturated carbocycles. The van der Waals surface area contributed by atoms with E-state index in [2.05, 4.69) is 0 Å². The molecule has 0 radical (unpaired) electrons. The van der Waals surface area contributed by atoms with Gasteiger partial charge in [0.2, 0.25) is 0 Å². The van der Waals surface area contributed by atoms with Crippen LogP contribution in [0.4, 0.5) is 0 Å². The van der Waals surface area contributed by atoms with Crippen LogP contribution in [0, 0.1) is 0 Å². The van der Waals surface area contributed by atoms with Crippen LogP contribution < -0.4 is 5.73 Å². The number of aliphatic hydroxyl groups is 1. The van der Waals surface area contributed by atoms with Gasteiger partial charge in [-0.1, -0.05) is 0 Å². The van der Waals surface area contributed by atoms with Gasteiger partial charge in [-0.25, -0.2) is 0 Å². The SMILES string of the molecule is CC(=O)[C@H](O)CCN. The van der Waals surface area contributed by atoms with Gasteiger partial charge in [0.05, 0.1) is 0 Å². The summed E-state index contributed by atoms with van der Waals surface area (Å²) in [4.78, 5) is 10.2. The lowest BCUT2D eigenvalue weighted by Gasteiger charge is -2.01. The highest BCUT2D eigenvalue weighted by atomic mass is 16.3. The quantitative estimate of drug-likeness (QED) is 0.513. The standard InChI is InChI=1S/C5H11NO2/c1-4(7)5(8)2-3-6/h5,8H,2-3,6H2,1H3/t5-/m1/s1. The van der Waals surface area contributed by atoms with Gasteiger partial charge in [0, 0.05) is 0 Å².